The van der Waals surface area contributed by atoms with Gasteiger partial charge in [0, 0.05) is 19.0 Å². The van der Waals surface area contributed by atoms with Crippen LogP contribution in [0.5, 0.6) is 0 Å². The first-order valence-electron chi connectivity index (χ1n) is 6.69. The molecule has 6 nitrogen and oxygen atoms in total. The summed E-state index contributed by atoms with van der Waals surface area (Å²) in [4.78, 5) is 26.2. The minimum Gasteiger partial charge on any atom is -0.364 e. The van der Waals surface area contributed by atoms with E-state index in [2.05, 4.69) is 10.5 Å². The van der Waals surface area contributed by atoms with Crippen molar-refractivity contribution in [1.29, 1.82) is 0 Å². The largest absolute Gasteiger partial charge is 0.364 e. The predicted octanol–water partition coefficient (Wildman–Crippen LogP) is 0.836. The third kappa shape index (κ3) is 2.22. The van der Waals surface area contributed by atoms with E-state index in [-0.39, 0.29) is 11.8 Å². The van der Waals surface area contributed by atoms with Crippen molar-refractivity contribution in [3.63, 3.8) is 0 Å². The molecule has 0 bridgehead atoms. The molecule has 1 aliphatic carbocycles. The van der Waals surface area contributed by atoms with E-state index in [1.165, 1.54) is 6.26 Å². The van der Waals surface area contributed by atoms with Crippen LogP contribution in [-0.2, 0) is 16.1 Å². The van der Waals surface area contributed by atoms with Crippen LogP contribution in [0.2, 0.25) is 0 Å². The van der Waals surface area contributed by atoms with E-state index in [0.29, 0.717) is 19.5 Å². The summed E-state index contributed by atoms with van der Waals surface area (Å²) in [5.41, 5.74) is 0.0490. The third-order valence-corrected chi connectivity index (χ3v) is 3.99. The number of hydrogen-bond acceptors (Lipinski definition) is 4. The molecule has 19 heavy (non-hydrogen) atoms. The van der Waals surface area contributed by atoms with Crippen molar-refractivity contribution in [2.45, 2.75) is 44.2 Å². The van der Waals surface area contributed by atoms with Crippen LogP contribution in [0.1, 0.15) is 37.8 Å². The zero-order chi connectivity index (χ0) is 13.3. The van der Waals surface area contributed by atoms with Crippen molar-refractivity contribution < 1.29 is 14.1 Å². The lowest BCUT2D eigenvalue weighted by molar-refractivity contribution is -0.139. The highest BCUT2D eigenvalue weighted by Crippen LogP contribution is 2.33. The fraction of sp³-hybridized carbons (Fsp3) is 0.615. The SMILES string of the molecule is O=C1CCN(Cc2ccon2)C(=O)C2(CCCC2)N1. The maximum absolute atomic E-state index is 12.7. The van der Waals surface area contributed by atoms with E-state index >= 15 is 0 Å². The average molecular weight is 263 g/mol. The summed E-state index contributed by atoms with van der Waals surface area (Å²) in [5.74, 6) is -0.00301. The Morgan fingerprint density at radius 1 is 1.37 bits per heavy atom. The molecular weight excluding hydrogens is 246 g/mol. The monoisotopic (exact) mass is 263 g/mol. The fourth-order valence-electron chi connectivity index (χ4n) is 3.01. The molecule has 3 rings (SSSR count). The zero-order valence-electron chi connectivity index (χ0n) is 10.7. The minimum atomic E-state index is -0.669. The first-order chi connectivity index (χ1) is 9.20. The Kier molecular flexibility index (Phi) is 3.00. The van der Waals surface area contributed by atoms with Gasteiger partial charge in [0.15, 0.2) is 0 Å². The van der Waals surface area contributed by atoms with Gasteiger partial charge < -0.3 is 14.7 Å². The Balaban J connectivity index is 1.83. The number of carbonyl (C=O) groups excluding carboxylic acids is 2. The van der Waals surface area contributed by atoms with Gasteiger partial charge >= 0.3 is 0 Å². The molecule has 1 saturated heterocycles. The topological polar surface area (TPSA) is 75.4 Å². The third-order valence-electron chi connectivity index (χ3n) is 3.99. The molecule has 102 valence electrons. The Morgan fingerprint density at radius 2 is 2.16 bits per heavy atom. The van der Waals surface area contributed by atoms with E-state index in [9.17, 15) is 9.59 Å². The van der Waals surface area contributed by atoms with Crippen LogP contribution in [0, 0.1) is 0 Å². The molecule has 1 N–H and O–H groups in total. The number of nitrogens with one attached hydrogen (secondary N) is 1. The van der Waals surface area contributed by atoms with Crippen LogP contribution < -0.4 is 5.32 Å². The zero-order valence-corrected chi connectivity index (χ0v) is 10.7. The van der Waals surface area contributed by atoms with Crippen molar-refractivity contribution in [3.05, 3.63) is 18.0 Å². The fourth-order valence-corrected chi connectivity index (χ4v) is 3.01. The molecule has 2 aliphatic rings. The van der Waals surface area contributed by atoms with Crippen LogP contribution in [0.4, 0.5) is 0 Å². The van der Waals surface area contributed by atoms with Crippen molar-refractivity contribution in [2.24, 2.45) is 0 Å². The van der Waals surface area contributed by atoms with Gasteiger partial charge in [-0.25, -0.2) is 0 Å². The van der Waals surface area contributed by atoms with Crippen LogP contribution in [0.15, 0.2) is 16.9 Å². The number of hydrogen-bond donors (Lipinski definition) is 1. The highest BCUT2D eigenvalue weighted by molar-refractivity contribution is 5.93. The van der Waals surface area contributed by atoms with Crippen LogP contribution in [0.3, 0.4) is 0 Å². The van der Waals surface area contributed by atoms with E-state index < -0.39 is 5.54 Å². The molecule has 1 spiro atoms. The smallest absolute Gasteiger partial charge is 0.248 e. The Hall–Kier alpha value is -1.85. The van der Waals surface area contributed by atoms with Gasteiger partial charge in [-0.3, -0.25) is 9.59 Å². The summed E-state index contributed by atoms with van der Waals surface area (Å²) in [6, 6.07) is 1.74. The summed E-state index contributed by atoms with van der Waals surface area (Å²) >= 11 is 0. The van der Waals surface area contributed by atoms with Gasteiger partial charge in [0.2, 0.25) is 11.8 Å². The molecule has 2 amide bonds. The maximum Gasteiger partial charge on any atom is 0.248 e. The van der Waals surface area contributed by atoms with Crippen LogP contribution in [-0.4, -0.2) is 34.0 Å². The Bertz CT molecular complexity index is 477. The van der Waals surface area contributed by atoms with Crippen molar-refractivity contribution >= 4 is 11.8 Å². The summed E-state index contributed by atoms with van der Waals surface area (Å²) in [6.07, 6.45) is 5.31. The second kappa shape index (κ2) is 4.68. The van der Waals surface area contributed by atoms with Crippen molar-refractivity contribution in [3.8, 4) is 0 Å². The van der Waals surface area contributed by atoms with E-state index in [1.807, 2.05) is 0 Å². The van der Waals surface area contributed by atoms with Crippen LogP contribution >= 0.6 is 0 Å². The molecule has 6 heteroatoms. The predicted molar refractivity (Wildman–Crippen MR) is 65.9 cm³/mol. The number of nitrogens with zero attached hydrogens (tertiary/aromatic N) is 2. The van der Waals surface area contributed by atoms with Gasteiger partial charge in [-0.15, -0.1) is 0 Å². The number of rotatable bonds is 2. The summed E-state index contributed by atoms with van der Waals surface area (Å²) in [6.45, 7) is 0.852. The van der Waals surface area contributed by atoms with E-state index in [4.69, 9.17) is 4.52 Å². The number of aromatic nitrogens is 1. The molecule has 0 unspecified atom stereocenters. The highest BCUT2D eigenvalue weighted by Gasteiger charge is 2.46. The molecular formula is C13H17N3O3. The molecule has 1 aromatic heterocycles. The van der Waals surface area contributed by atoms with Gasteiger partial charge in [0.25, 0.3) is 0 Å². The summed E-state index contributed by atoms with van der Waals surface area (Å²) < 4.78 is 4.79. The molecule has 1 aromatic rings. The molecule has 0 atom stereocenters. The Morgan fingerprint density at radius 3 is 2.84 bits per heavy atom. The summed E-state index contributed by atoms with van der Waals surface area (Å²) in [7, 11) is 0. The molecule has 1 saturated carbocycles. The van der Waals surface area contributed by atoms with Gasteiger partial charge in [0.05, 0.1) is 6.54 Å². The first kappa shape index (κ1) is 12.2. The van der Waals surface area contributed by atoms with Crippen molar-refractivity contribution in [1.82, 2.24) is 15.4 Å². The van der Waals surface area contributed by atoms with E-state index in [0.717, 1.165) is 31.4 Å². The molecule has 0 aromatic carbocycles. The van der Waals surface area contributed by atoms with E-state index in [1.54, 1.807) is 11.0 Å². The lowest BCUT2D eigenvalue weighted by Gasteiger charge is -2.31. The van der Waals surface area contributed by atoms with Gasteiger partial charge in [0.1, 0.15) is 17.5 Å². The highest BCUT2D eigenvalue weighted by atomic mass is 16.5. The second-order valence-corrected chi connectivity index (χ2v) is 5.30. The molecule has 1 aliphatic heterocycles. The molecule has 2 fully saturated rings. The number of amides is 2. The van der Waals surface area contributed by atoms with Gasteiger partial charge in [-0.05, 0) is 12.8 Å². The normalized spacial score (nSPS) is 22.6. The second-order valence-electron chi connectivity index (χ2n) is 5.30. The lowest BCUT2D eigenvalue weighted by Crippen LogP contribution is -2.55. The van der Waals surface area contributed by atoms with Crippen molar-refractivity contribution in [2.75, 3.05) is 6.54 Å². The maximum atomic E-state index is 12.7. The summed E-state index contributed by atoms with van der Waals surface area (Å²) in [5, 5.41) is 6.77. The first-order valence-corrected chi connectivity index (χ1v) is 6.69. The average Bonchev–Trinajstić information content (AvgIpc) is 3.03. The molecule has 2 heterocycles. The molecule has 0 radical (unpaired) electrons. The van der Waals surface area contributed by atoms with Gasteiger partial charge in [-0.1, -0.05) is 18.0 Å². The minimum absolute atomic E-state index is 0.0267. The number of carbonyl (C=O) groups is 2. The Labute approximate surface area is 111 Å². The van der Waals surface area contributed by atoms with Crippen LogP contribution in [0.25, 0.3) is 0 Å². The quantitative estimate of drug-likeness (QED) is 0.857. The standard InChI is InChI=1S/C13H17N3O3/c17-11-3-7-16(9-10-4-8-19-15-10)12(18)13(14-11)5-1-2-6-13/h4,8H,1-3,5-7,9H2,(H,14,17). The van der Waals surface area contributed by atoms with Gasteiger partial charge in [-0.2, -0.15) is 0 Å². The lowest BCUT2D eigenvalue weighted by atomic mass is 9.96.